The summed E-state index contributed by atoms with van der Waals surface area (Å²) in [6.07, 6.45) is 3.49. The molecule has 3 heterocycles. The van der Waals surface area contributed by atoms with Crippen molar-refractivity contribution in [2.75, 3.05) is 24.2 Å². The molecule has 5 rings (SSSR count). The van der Waals surface area contributed by atoms with E-state index < -0.39 is 0 Å². The number of pyridine rings is 1. The SMILES string of the molecule is O=C(Nc1ccc2[nH]nc(-c3ccncc3)c2c1)C1CN(Cc2ccccc2Cl)CCS1. The molecular formula is C24H22ClN5OS. The second-order valence-electron chi connectivity index (χ2n) is 7.74. The largest absolute Gasteiger partial charge is 0.325 e. The Hall–Kier alpha value is -2.87. The predicted octanol–water partition coefficient (Wildman–Crippen LogP) is 4.83. The molecule has 0 aliphatic carbocycles. The van der Waals surface area contributed by atoms with Gasteiger partial charge in [0, 0.05) is 59.4 Å². The molecule has 6 nitrogen and oxygen atoms in total. The fraction of sp³-hybridized carbons (Fsp3) is 0.208. The van der Waals surface area contributed by atoms with Crippen LogP contribution in [0.1, 0.15) is 5.56 Å². The molecule has 2 N–H and O–H groups in total. The van der Waals surface area contributed by atoms with Gasteiger partial charge in [-0.15, -0.1) is 11.8 Å². The number of halogens is 1. The Labute approximate surface area is 195 Å². The molecule has 1 saturated heterocycles. The molecule has 1 aliphatic rings. The van der Waals surface area contributed by atoms with Crippen molar-refractivity contribution >= 4 is 45.9 Å². The van der Waals surface area contributed by atoms with Crippen molar-refractivity contribution in [3.05, 3.63) is 77.6 Å². The van der Waals surface area contributed by atoms with Gasteiger partial charge in [-0.25, -0.2) is 0 Å². The summed E-state index contributed by atoms with van der Waals surface area (Å²) in [7, 11) is 0. The quantitative estimate of drug-likeness (QED) is 0.443. The molecule has 0 saturated carbocycles. The lowest BCUT2D eigenvalue weighted by atomic mass is 10.1. The third-order valence-electron chi connectivity index (χ3n) is 5.58. The third kappa shape index (κ3) is 4.50. The van der Waals surface area contributed by atoms with Crippen LogP contribution in [0.4, 0.5) is 5.69 Å². The van der Waals surface area contributed by atoms with Crippen LogP contribution in [0.25, 0.3) is 22.2 Å². The lowest BCUT2D eigenvalue weighted by molar-refractivity contribution is -0.116. The number of aromatic amines is 1. The van der Waals surface area contributed by atoms with Crippen LogP contribution in [0, 0.1) is 0 Å². The molecule has 162 valence electrons. The Balaban J connectivity index is 1.29. The zero-order valence-corrected chi connectivity index (χ0v) is 18.9. The Morgan fingerprint density at radius 3 is 2.88 bits per heavy atom. The van der Waals surface area contributed by atoms with Gasteiger partial charge in [-0.1, -0.05) is 29.8 Å². The van der Waals surface area contributed by atoms with Crippen molar-refractivity contribution in [2.24, 2.45) is 0 Å². The highest BCUT2D eigenvalue weighted by atomic mass is 35.5. The number of fused-ring (bicyclic) bond motifs is 1. The highest BCUT2D eigenvalue weighted by Gasteiger charge is 2.27. The maximum atomic E-state index is 13.0. The Morgan fingerprint density at radius 1 is 1.19 bits per heavy atom. The number of thioether (sulfide) groups is 1. The first kappa shape index (κ1) is 21.0. The minimum atomic E-state index is -0.133. The lowest BCUT2D eigenvalue weighted by Gasteiger charge is -2.31. The molecule has 4 aromatic rings. The molecule has 0 bridgehead atoms. The van der Waals surface area contributed by atoms with Gasteiger partial charge in [-0.2, -0.15) is 5.10 Å². The van der Waals surface area contributed by atoms with E-state index in [0.29, 0.717) is 6.54 Å². The summed E-state index contributed by atoms with van der Waals surface area (Å²) in [6, 6.07) is 17.6. The number of carbonyl (C=O) groups is 1. The van der Waals surface area contributed by atoms with Crippen LogP contribution in [-0.2, 0) is 11.3 Å². The first-order valence-electron chi connectivity index (χ1n) is 10.4. The minimum absolute atomic E-state index is 0.0205. The summed E-state index contributed by atoms with van der Waals surface area (Å²) in [5.41, 5.74) is 4.61. The van der Waals surface area contributed by atoms with Gasteiger partial charge in [0.25, 0.3) is 0 Å². The number of nitrogens with one attached hydrogen (secondary N) is 2. The van der Waals surface area contributed by atoms with Crippen molar-refractivity contribution < 1.29 is 4.79 Å². The summed E-state index contributed by atoms with van der Waals surface area (Å²) in [5.74, 6) is 0.933. The highest BCUT2D eigenvalue weighted by Crippen LogP contribution is 2.29. The molecule has 1 amide bonds. The van der Waals surface area contributed by atoms with E-state index in [1.807, 2.05) is 54.6 Å². The smallest absolute Gasteiger partial charge is 0.238 e. The summed E-state index contributed by atoms with van der Waals surface area (Å²) in [6.45, 7) is 2.38. The molecule has 0 spiro atoms. The number of hydrogen-bond acceptors (Lipinski definition) is 5. The van der Waals surface area contributed by atoms with Gasteiger partial charge < -0.3 is 5.32 Å². The van der Waals surface area contributed by atoms with E-state index in [1.54, 1.807) is 24.2 Å². The van der Waals surface area contributed by atoms with Crippen molar-refractivity contribution in [3.63, 3.8) is 0 Å². The topological polar surface area (TPSA) is 73.9 Å². The normalized spacial score (nSPS) is 16.8. The van der Waals surface area contributed by atoms with E-state index in [4.69, 9.17) is 11.6 Å². The van der Waals surface area contributed by atoms with Crippen LogP contribution in [0.5, 0.6) is 0 Å². The van der Waals surface area contributed by atoms with Crippen LogP contribution in [-0.4, -0.2) is 50.1 Å². The molecule has 1 atom stereocenters. The van der Waals surface area contributed by atoms with Crippen LogP contribution in [0.15, 0.2) is 67.0 Å². The first-order valence-corrected chi connectivity index (χ1v) is 11.9. The van der Waals surface area contributed by atoms with Crippen LogP contribution in [0.3, 0.4) is 0 Å². The molecule has 1 fully saturated rings. The number of carbonyl (C=O) groups excluding carboxylic acids is 1. The number of H-pyrrole nitrogens is 1. The fourth-order valence-corrected chi connectivity index (χ4v) is 5.29. The molecule has 1 unspecified atom stereocenters. The van der Waals surface area contributed by atoms with Gasteiger partial charge in [0.05, 0.1) is 10.8 Å². The average Bonchev–Trinajstić information content (AvgIpc) is 3.25. The fourth-order valence-electron chi connectivity index (χ4n) is 3.92. The Morgan fingerprint density at radius 2 is 2.03 bits per heavy atom. The monoisotopic (exact) mass is 463 g/mol. The van der Waals surface area contributed by atoms with Gasteiger partial charge in [-0.3, -0.25) is 19.8 Å². The van der Waals surface area contributed by atoms with Gasteiger partial charge in [-0.05, 0) is 42.0 Å². The zero-order valence-electron chi connectivity index (χ0n) is 17.3. The van der Waals surface area contributed by atoms with Crippen LogP contribution >= 0.6 is 23.4 Å². The number of benzene rings is 2. The number of hydrogen-bond donors (Lipinski definition) is 2. The molecule has 32 heavy (non-hydrogen) atoms. The molecule has 8 heteroatoms. The van der Waals surface area contributed by atoms with E-state index in [2.05, 4.69) is 25.4 Å². The molecule has 2 aromatic carbocycles. The van der Waals surface area contributed by atoms with E-state index >= 15 is 0 Å². The highest BCUT2D eigenvalue weighted by molar-refractivity contribution is 8.00. The summed E-state index contributed by atoms with van der Waals surface area (Å²) in [5, 5.41) is 12.2. The van der Waals surface area contributed by atoms with Crippen molar-refractivity contribution in [1.82, 2.24) is 20.1 Å². The first-order chi connectivity index (χ1) is 15.7. The van der Waals surface area contributed by atoms with Gasteiger partial charge >= 0.3 is 0 Å². The molecular weight excluding hydrogens is 442 g/mol. The molecule has 2 aromatic heterocycles. The Kier molecular flexibility index (Phi) is 6.12. The second kappa shape index (κ2) is 9.32. The van der Waals surface area contributed by atoms with Gasteiger partial charge in [0.2, 0.25) is 5.91 Å². The van der Waals surface area contributed by atoms with E-state index in [0.717, 1.165) is 57.3 Å². The van der Waals surface area contributed by atoms with E-state index in [-0.39, 0.29) is 11.2 Å². The van der Waals surface area contributed by atoms with Crippen molar-refractivity contribution in [2.45, 2.75) is 11.8 Å². The van der Waals surface area contributed by atoms with E-state index in [9.17, 15) is 4.79 Å². The standard InChI is InChI=1S/C24H22ClN5OS/c25-20-4-2-1-3-17(20)14-30-11-12-32-22(15-30)24(31)27-18-5-6-21-19(13-18)23(29-28-21)16-7-9-26-10-8-16/h1-10,13,22H,11-12,14-15H2,(H,27,31)(H,28,29). The van der Waals surface area contributed by atoms with Crippen molar-refractivity contribution in [1.29, 1.82) is 0 Å². The third-order valence-corrected chi connectivity index (χ3v) is 7.13. The number of rotatable bonds is 5. The van der Waals surface area contributed by atoms with Crippen LogP contribution < -0.4 is 5.32 Å². The number of aromatic nitrogens is 3. The van der Waals surface area contributed by atoms with Gasteiger partial charge in [0.1, 0.15) is 5.69 Å². The second-order valence-corrected chi connectivity index (χ2v) is 9.46. The van der Waals surface area contributed by atoms with Gasteiger partial charge in [0.15, 0.2) is 0 Å². The maximum absolute atomic E-state index is 13.0. The van der Waals surface area contributed by atoms with Crippen molar-refractivity contribution in [3.8, 4) is 11.3 Å². The van der Waals surface area contributed by atoms with Crippen LogP contribution in [0.2, 0.25) is 5.02 Å². The lowest BCUT2D eigenvalue weighted by Crippen LogP contribution is -2.43. The summed E-state index contributed by atoms with van der Waals surface area (Å²) < 4.78 is 0. The number of anilines is 1. The molecule has 1 aliphatic heterocycles. The average molecular weight is 464 g/mol. The minimum Gasteiger partial charge on any atom is -0.325 e. The van der Waals surface area contributed by atoms with E-state index in [1.165, 1.54) is 0 Å². The maximum Gasteiger partial charge on any atom is 0.238 e. The number of amides is 1. The predicted molar refractivity (Wildman–Crippen MR) is 131 cm³/mol. The summed E-state index contributed by atoms with van der Waals surface area (Å²) >= 11 is 8.02. The zero-order chi connectivity index (χ0) is 21.9. The molecule has 0 radical (unpaired) electrons. The Bertz CT molecular complexity index is 1250. The number of nitrogens with zero attached hydrogens (tertiary/aromatic N) is 3. The summed E-state index contributed by atoms with van der Waals surface area (Å²) in [4.78, 5) is 19.4.